The predicted molar refractivity (Wildman–Crippen MR) is 107 cm³/mol. The van der Waals surface area contributed by atoms with Gasteiger partial charge in [-0.3, -0.25) is 9.59 Å². The summed E-state index contributed by atoms with van der Waals surface area (Å²) in [6.45, 7) is 7.63. The highest BCUT2D eigenvalue weighted by atomic mass is 16.2. The number of nitrogens with one attached hydrogen (secondary N) is 2. The average Bonchev–Trinajstić information content (AvgIpc) is 3.15. The minimum atomic E-state index is -0.0361. The van der Waals surface area contributed by atoms with E-state index in [1.165, 1.54) is 5.57 Å². The second-order valence-electron chi connectivity index (χ2n) is 6.49. The summed E-state index contributed by atoms with van der Waals surface area (Å²) in [7, 11) is 0. The molecular formula is C22H25N3O2. The monoisotopic (exact) mass is 363 g/mol. The molecule has 27 heavy (non-hydrogen) atoms. The standard InChI is InChI=1S/C22H25N3O2/c1-3-7-18-19-10-13-24-22(19)17-9-6-5-8-16(17)14-25(20(18)4-2)21(27)11-12-23-15-26/h3-9,15,24H,2,10-14H2,1H3,(H,23,26)/b7-3-,20-18-. The van der Waals surface area contributed by atoms with E-state index in [2.05, 4.69) is 35.4 Å². The summed E-state index contributed by atoms with van der Waals surface area (Å²) < 4.78 is 0. The van der Waals surface area contributed by atoms with Crippen molar-refractivity contribution in [3.05, 3.63) is 77.0 Å². The smallest absolute Gasteiger partial charge is 0.229 e. The highest BCUT2D eigenvalue weighted by molar-refractivity contribution is 5.83. The Morgan fingerprint density at radius 3 is 2.93 bits per heavy atom. The van der Waals surface area contributed by atoms with E-state index in [-0.39, 0.29) is 12.3 Å². The molecule has 2 aliphatic rings. The number of amides is 2. The van der Waals surface area contributed by atoms with Crippen LogP contribution in [0.15, 0.2) is 65.9 Å². The number of hydrogen-bond acceptors (Lipinski definition) is 3. The van der Waals surface area contributed by atoms with Gasteiger partial charge in [-0.25, -0.2) is 0 Å². The van der Waals surface area contributed by atoms with E-state index in [1.807, 2.05) is 25.1 Å². The predicted octanol–water partition coefficient (Wildman–Crippen LogP) is 2.89. The van der Waals surface area contributed by atoms with E-state index >= 15 is 0 Å². The first-order chi connectivity index (χ1) is 13.2. The van der Waals surface area contributed by atoms with Crippen molar-refractivity contribution in [1.82, 2.24) is 15.5 Å². The van der Waals surface area contributed by atoms with E-state index in [1.54, 1.807) is 11.0 Å². The molecule has 0 spiro atoms. The normalized spacial score (nSPS) is 19.1. The van der Waals surface area contributed by atoms with Gasteiger partial charge in [0, 0.05) is 36.3 Å². The average molecular weight is 363 g/mol. The second-order valence-corrected chi connectivity index (χ2v) is 6.49. The molecule has 0 aromatic heterocycles. The molecule has 3 rings (SSSR count). The summed E-state index contributed by atoms with van der Waals surface area (Å²) in [5.74, 6) is -0.0361. The van der Waals surface area contributed by atoms with Gasteiger partial charge in [-0.1, -0.05) is 43.0 Å². The molecule has 0 bridgehead atoms. The van der Waals surface area contributed by atoms with Gasteiger partial charge in [-0.15, -0.1) is 0 Å². The number of nitrogens with zero attached hydrogens (tertiary/aromatic N) is 1. The molecule has 5 heteroatoms. The lowest BCUT2D eigenvalue weighted by Crippen LogP contribution is -2.33. The van der Waals surface area contributed by atoms with Gasteiger partial charge in [-0.2, -0.15) is 0 Å². The Balaban J connectivity index is 2.16. The number of benzene rings is 1. The molecule has 140 valence electrons. The third kappa shape index (κ3) is 3.72. The molecule has 5 nitrogen and oxygen atoms in total. The van der Waals surface area contributed by atoms with Crippen LogP contribution in [-0.2, 0) is 16.1 Å². The Kier molecular flexibility index (Phi) is 5.91. The highest BCUT2D eigenvalue weighted by Gasteiger charge is 2.28. The van der Waals surface area contributed by atoms with E-state index in [0.717, 1.165) is 41.1 Å². The fourth-order valence-corrected chi connectivity index (χ4v) is 3.70. The molecule has 2 heterocycles. The number of fused-ring (bicyclic) bond motifs is 2. The van der Waals surface area contributed by atoms with Crippen LogP contribution in [0.3, 0.4) is 0 Å². The molecule has 0 unspecified atom stereocenters. The molecule has 0 radical (unpaired) electrons. The van der Waals surface area contributed by atoms with Crippen molar-refractivity contribution in [2.45, 2.75) is 26.3 Å². The third-order valence-electron chi connectivity index (χ3n) is 4.88. The summed E-state index contributed by atoms with van der Waals surface area (Å²) in [5, 5.41) is 6.09. The molecule has 0 saturated carbocycles. The van der Waals surface area contributed by atoms with Crippen molar-refractivity contribution in [3.63, 3.8) is 0 Å². The Labute approximate surface area is 160 Å². The summed E-state index contributed by atoms with van der Waals surface area (Å²) in [4.78, 5) is 25.3. The molecule has 0 saturated heterocycles. The number of carbonyl (C=O) groups excluding carboxylic acids is 2. The fraction of sp³-hybridized carbons (Fsp3) is 0.273. The van der Waals surface area contributed by atoms with Crippen molar-refractivity contribution in [3.8, 4) is 0 Å². The largest absolute Gasteiger partial charge is 0.384 e. The van der Waals surface area contributed by atoms with Crippen LogP contribution in [0.2, 0.25) is 0 Å². The second kappa shape index (κ2) is 8.54. The molecule has 2 aliphatic heterocycles. The molecule has 1 aromatic carbocycles. The molecule has 0 aliphatic carbocycles. The summed E-state index contributed by atoms with van der Waals surface area (Å²) >= 11 is 0. The Bertz CT molecular complexity index is 849. The van der Waals surface area contributed by atoms with E-state index in [4.69, 9.17) is 0 Å². The first-order valence-corrected chi connectivity index (χ1v) is 9.23. The minimum Gasteiger partial charge on any atom is -0.384 e. The lowest BCUT2D eigenvalue weighted by Gasteiger charge is -2.30. The number of rotatable bonds is 6. The summed E-state index contributed by atoms with van der Waals surface area (Å²) in [6, 6.07) is 8.19. The zero-order valence-corrected chi connectivity index (χ0v) is 15.6. The van der Waals surface area contributed by atoms with E-state index in [9.17, 15) is 9.59 Å². The van der Waals surface area contributed by atoms with Gasteiger partial charge in [0.15, 0.2) is 0 Å². The minimum absolute atomic E-state index is 0.0361. The van der Waals surface area contributed by atoms with Crippen LogP contribution < -0.4 is 10.6 Å². The fourth-order valence-electron chi connectivity index (χ4n) is 3.70. The zero-order valence-electron chi connectivity index (χ0n) is 15.6. The van der Waals surface area contributed by atoms with Crippen LogP contribution >= 0.6 is 0 Å². The van der Waals surface area contributed by atoms with Crippen molar-refractivity contribution >= 4 is 18.0 Å². The van der Waals surface area contributed by atoms with Gasteiger partial charge in [0.25, 0.3) is 0 Å². The van der Waals surface area contributed by atoms with Gasteiger partial charge in [0.2, 0.25) is 12.3 Å². The van der Waals surface area contributed by atoms with Gasteiger partial charge in [0.05, 0.1) is 12.2 Å². The molecule has 0 atom stereocenters. The van der Waals surface area contributed by atoms with Gasteiger partial charge in [-0.05, 0) is 30.6 Å². The van der Waals surface area contributed by atoms with Crippen LogP contribution in [0.4, 0.5) is 0 Å². The molecule has 2 amide bonds. The Morgan fingerprint density at radius 2 is 2.19 bits per heavy atom. The summed E-state index contributed by atoms with van der Waals surface area (Å²) in [5.41, 5.74) is 6.43. The van der Waals surface area contributed by atoms with Crippen LogP contribution in [0.1, 0.15) is 30.9 Å². The number of allylic oxidation sites excluding steroid dienone is 4. The first kappa shape index (κ1) is 18.7. The number of carbonyl (C=O) groups is 2. The maximum atomic E-state index is 13.0. The van der Waals surface area contributed by atoms with Crippen molar-refractivity contribution in [2.24, 2.45) is 0 Å². The van der Waals surface area contributed by atoms with Crippen LogP contribution in [0.5, 0.6) is 0 Å². The van der Waals surface area contributed by atoms with E-state index < -0.39 is 0 Å². The Morgan fingerprint density at radius 1 is 1.37 bits per heavy atom. The van der Waals surface area contributed by atoms with Gasteiger partial charge < -0.3 is 15.5 Å². The summed E-state index contributed by atoms with van der Waals surface area (Å²) in [6.07, 6.45) is 7.56. The quantitative estimate of drug-likeness (QED) is 0.603. The molecular weight excluding hydrogens is 338 g/mol. The van der Waals surface area contributed by atoms with Crippen molar-refractivity contribution < 1.29 is 9.59 Å². The van der Waals surface area contributed by atoms with E-state index in [0.29, 0.717) is 19.5 Å². The van der Waals surface area contributed by atoms with Crippen LogP contribution in [0, 0.1) is 0 Å². The molecule has 1 aromatic rings. The topological polar surface area (TPSA) is 61.4 Å². The van der Waals surface area contributed by atoms with Crippen LogP contribution in [0.25, 0.3) is 5.70 Å². The van der Waals surface area contributed by atoms with Crippen molar-refractivity contribution in [1.29, 1.82) is 0 Å². The zero-order chi connectivity index (χ0) is 19.2. The maximum absolute atomic E-state index is 13.0. The third-order valence-corrected chi connectivity index (χ3v) is 4.88. The van der Waals surface area contributed by atoms with Crippen LogP contribution in [-0.4, -0.2) is 30.3 Å². The molecule has 0 fully saturated rings. The lowest BCUT2D eigenvalue weighted by atomic mass is 9.92. The van der Waals surface area contributed by atoms with Gasteiger partial charge >= 0.3 is 0 Å². The highest BCUT2D eigenvalue weighted by Crippen LogP contribution is 2.37. The molecule has 2 N–H and O–H groups in total. The van der Waals surface area contributed by atoms with Gasteiger partial charge in [0.1, 0.15) is 0 Å². The van der Waals surface area contributed by atoms with Crippen molar-refractivity contribution in [2.75, 3.05) is 13.1 Å². The number of hydrogen-bond donors (Lipinski definition) is 2. The lowest BCUT2D eigenvalue weighted by molar-refractivity contribution is -0.129. The maximum Gasteiger partial charge on any atom is 0.229 e. The Hall–Kier alpha value is -3.08. The SMILES string of the molecule is C=C/C1=C(\C=C/C)C2=C(NCC2)c2ccccc2CN1C(=O)CCNC=O. The first-order valence-electron chi connectivity index (χ1n) is 9.23.